The van der Waals surface area contributed by atoms with Crippen molar-refractivity contribution in [2.75, 3.05) is 26.2 Å². The molecule has 0 radical (unpaired) electrons. The molecule has 0 aliphatic carbocycles. The van der Waals surface area contributed by atoms with Crippen LogP contribution in [0.2, 0.25) is 0 Å². The fourth-order valence-electron chi connectivity index (χ4n) is 5.62. The fourth-order valence-corrected chi connectivity index (χ4v) is 5.62. The third-order valence-corrected chi connectivity index (χ3v) is 7.69. The number of phenols is 1. The molecule has 44 heavy (non-hydrogen) atoms. The Morgan fingerprint density at radius 3 is 2.32 bits per heavy atom. The molecule has 0 aromatic heterocycles. The number of rotatable bonds is 11. The van der Waals surface area contributed by atoms with Gasteiger partial charge in [0.2, 0.25) is 11.8 Å². The van der Waals surface area contributed by atoms with Crippen molar-refractivity contribution in [2.24, 2.45) is 0 Å². The lowest BCUT2D eigenvalue weighted by molar-refractivity contribution is -0.189. The maximum absolute atomic E-state index is 14.1. The van der Waals surface area contributed by atoms with Gasteiger partial charge in [-0.25, -0.2) is 14.8 Å². The molecule has 2 aliphatic heterocycles. The van der Waals surface area contributed by atoms with E-state index in [0.717, 1.165) is 16.7 Å². The Hall–Kier alpha value is -5.09. The Kier molecular flexibility index (Phi) is 9.61. The van der Waals surface area contributed by atoms with E-state index in [1.165, 1.54) is 0 Å². The highest BCUT2D eigenvalue weighted by molar-refractivity contribution is 5.91. The van der Waals surface area contributed by atoms with Crippen molar-refractivity contribution in [2.45, 2.75) is 31.7 Å². The van der Waals surface area contributed by atoms with Crippen LogP contribution < -0.4 is 10.1 Å². The van der Waals surface area contributed by atoms with Crippen LogP contribution in [0, 0.1) is 0 Å². The Bertz CT molecular complexity index is 1480. The quantitative estimate of drug-likeness (QED) is 0.328. The Labute approximate surface area is 257 Å². The lowest BCUT2D eigenvalue weighted by Gasteiger charge is -2.55. The molecule has 2 heterocycles. The number of amides is 4. The minimum Gasteiger partial charge on any atom is -0.508 e. The van der Waals surface area contributed by atoms with Crippen molar-refractivity contribution < 1.29 is 24.2 Å². The number of urea groups is 1. The molecule has 2 saturated heterocycles. The number of nitrogens with zero attached hydrogens (tertiary/aromatic N) is 4. The van der Waals surface area contributed by atoms with E-state index in [0.29, 0.717) is 18.9 Å². The molecular formula is C34H37N5O5. The fraction of sp³-hybridized carbons (Fsp3) is 0.265. The van der Waals surface area contributed by atoms with Crippen molar-refractivity contribution >= 4 is 17.8 Å². The molecule has 3 aromatic carbocycles. The zero-order chi connectivity index (χ0) is 31.1. The molecule has 5 rings (SSSR count). The molecular weight excluding hydrogens is 558 g/mol. The molecule has 3 aromatic rings. The van der Waals surface area contributed by atoms with Gasteiger partial charge in [0.25, 0.3) is 0 Å². The minimum atomic E-state index is -0.851. The topological polar surface area (TPSA) is 106 Å². The second-order valence-electron chi connectivity index (χ2n) is 10.8. The number of hydrazine groups is 1. The van der Waals surface area contributed by atoms with Crippen LogP contribution in [-0.4, -0.2) is 81.2 Å². The van der Waals surface area contributed by atoms with Gasteiger partial charge in [-0.05, 0) is 41.0 Å². The molecule has 0 saturated carbocycles. The summed E-state index contributed by atoms with van der Waals surface area (Å²) in [6, 6.07) is 22.4. The van der Waals surface area contributed by atoms with E-state index < -0.39 is 12.2 Å². The molecule has 2 aliphatic rings. The first-order chi connectivity index (χ1) is 21.4. The van der Waals surface area contributed by atoms with E-state index in [-0.39, 0.29) is 56.2 Å². The average molecular weight is 596 g/mol. The van der Waals surface area contributed by atoms with E-state index in [2.05, 4.69) is 18.5 Å². The van der Waals surface area contributed by atoms with Gasteiger partial charge in [-0.3, -0.25) is 9.59 Å². The molecule has 228 valence electrons. The maximum atomic E-state index is 14.1. The van der Waals surface area contributed by atoms with E-state index >= 15 is 0 Å². The maximum Gasteiger partial charge on any atom is 0.334 e. The number of phenolic OH excluding ortho intramolecular Hbond substituents is 1. The van der Waals surface area contributed by atoms with Crippen molar-refractivity contribution in [3.63, 3.8) is 0 Å². The number of piperazine rings is 1. The van der Waals surface area contributed by atoms with Gasteiger partial charge in [0, 0.05) is 26.1 Å². The predicted octanol–water partition coefficient (Wildman–Crippen LogP) is 3.69. The molecule has 2 N–H and O–H groups in total. The van der Waals surface area contributed by atoms with Gasteiger partial charge in [0.15, 0.2) is 0 Å². The average Bonchev–Trinajstić information content (AvgIpc) is 3.03. The van der Waals surface area contributed by atoms with Crippen LogP contribution in [0.3, 0.4) is 0 Å². The summed E-state index contributed by atoms with van der Waals surface area (Å²) in [6.07, 6.45) is 2.80. The van der Waals surface area contributed by atoms with Crippen molar-refractivity contribution in [3.05, 3.63) is 121 Å². The van der Waals surface area contributed by atoms with Crippen LogP contribution in [0.5, 0.6) is 11.5 Å². The lowest BCUT2D eigenvalue weighted by Crippen LogP contribution is -2.76. The summed E-state index contributed by atoms with van der Waals surface area (Å²) in [6.45, 7) is 8.80. The number of nitrogens with one attached hydrogen (secondary N) is 1. The number of carbonyl (C=O) groups is 3. The first-order valence-electron chi connectivity index (χ1n) is 14.5. The van der Waals surface area contributed by atoms with Gasteiger partial charge in [-0.15, -0.1) is 6.58 Å². The zero-order valence-electron chi connectivity index (χ0n) is 24.5. The van der Waals surface area contributed by atoms with Gasteiger partial charge < -0.3 is 25.0 Å². The molecule has 0 unspecified atom stereocenters. The zero-order valence-corrected chi connectivity index (χ0v) is 24.5. The SMILES string of the molecule is C=CCOc1ccc(CN2C[C@H]3N(C(=O)CN(CC=C)N3C(=O)NCc3ccccc3)[C@@H](Cc3ccc(O)cc3)C2=O)cc1. The van der Waals surface area contributed by atoms with Crippen LogP contribution in [0.25, 0.3) is 0 Å². The molecule has 2 atom stereocenters. The number of carbonyl (C=O) groups excluding carboxylic acids is 3. The summed E-state index contributed by atoms with van der Waals surface area (Å²) >= 11 is 0. The minimum absolute atomic E-state index is 0.0766. The second-order valence-corrected chi connectivity index (χ2v) is 10.8. The first-order valence-corrected chi connectivity index (χ1v) is 14.5. The summed E-state index contributed by atoms with van der Waals surface area (Å²) < 4.78 is 5.60. The summed E-state index contributed by atoms with van der Waals surface area (Å²) in [5.74, 6) is 0.342. The van der Waals surface area contributed by atoms with Crippen molar-refractivity contribution in [1.82, 2.24) is 25.1 Å². The Balaban J connectivity index is 1.46. The van der Waals surface area contributed by atoms with Crippen LogP contribution in [-0.2, 0) is 29.1 Å². The van der Waals surface area contributed by atoms with Gasteiger partial charge in [0.1, 0.15) is 30.3 Å². The van der Waals surface area contributed by atoms with E-state index in [4.69, 9.17) is 4.74 Å². The molecule has 10 nitrogen and oxygen atoms in total. The number of hydrogen-bond acceptors (Lipinski definition) is 6. The summed E-state index contributed by atoms with van der Waals surface area (Å²) in [7, 11) is 0. The highest BCUT2D eigenvalue weighted by Gasteiger charge is 2.51. The smallest absolute Gasteiger partial charge is 0.334 e. The number of benzene rings is 3. The van der Waals surface area contributed by atoms with Crippen molar-refractivity contribution in [1.29, 1.82) is 0 Å². The predicted molar refractivity (Wildman–Crippen MR) is 166 cm³/mol. The molecule has 0 spiro atoms. The number of fused-ring (bicyclic) bond motifs is 1. The molecule has 0 bridgehead atoms. The number of ether oxygens (including phenoxy) is 1. The van der Waals surface area contributed by atoms with Gasteiger partial charge in [0.05, 0.1) is 13.1 Å². The van der Waals surface area contributed by atoms with Crippen LogP contribution in [0.15, 0.2) is 104 Å². The van der Waals surface area contributed by atoms with E-state index in [1.54, 1.807) is 56.2 Å². The van der Waals surface area contributed by atoms with E-state index in [9.17, 15) is 19.5 Å². The molecule has 4 amide bonds. The number of aromatic hydroxyl groups is 1. The van der Waals surface area contributed by atoms with Gasteiger partial charge >= 0.3 is 6.03 Å². The van der Waals surface area contributed by atoms with Crippen LogP contribution in [0.4, 0.5) is 4.79 Å². The highest BCUT2D eigenvalue weighted by atomic mass is 16.5. The third-order valence-electron chi connectivity index (χ3n) is 7.69. The highest BCUT2D eigenvalue weighted by Crippen LogP contribution is 2.30. The van der Waals surface area contributed by atoms with E-state index in [1.807, 2.05) is 54.6 Å². The second kappa shape index (κ2) is 13.9. The monoisotopic (exact) mass is 595 g/mol. The third kappa shape index (κ3) is 6.92. The first kappa shape index (κ1) is 30.4. The number of hydrogen-bond donors (Lipinski definition) is 2. The normalized spacial score (nSPS) is 18.5. The van der Waals surface area contributed by atoms with Crippen molar-refractivity contribution in [3.8, 4) is 11.5 Å². The van der Waals surface area contributed by atoms with Crippen LogP contribution in [0.1, 0.15) is 16.7 Å². The summed E-state index contributed by atoms with van der Waals surface area (Å²) in [5.41, 5.74) is 2.60. The summed E-state index contributed by atoms with van der Waals surface area (Å²) in [4.78, 5) is 44.9. The van der Waals surface area contributed by atoms with Gasteiger partial charge in [-0.2, -0.15) is 0 Å². The molecule has 2 fully saturated rings. The Morgan fingerprint density at radius 2 is 1.64 bits per heavy atom. The van der Waals surface area contributed by atoms with Gasteiger partial charge in [-0.1, -0.05) is 73.3 Å². The largest absolute Gasteiger partial charge is 0.508 e. The lowest BCUT2D eigenvalue weighted by atomic mass is 9.98. The Morgan fingerprint density at radius 1 is 0.932 bits per heavy atom. The van der Waals surface area contributed by atoms with Crippen LogP contribution >= 0.6 is 0 Å². The summed E-state index contributed by atoms with van der Waals surface area (Å²) in [5, 5.41) is 16.0. The standard InChI is InChI=1S/C34H37N5O5/c1-3-18-37-24-32(41)38-30(20-25-10-14-28(40)15-11-25)33(42)36(22-27-12-16-29(17-13-27)44-19-4-2)23-31(38)39(37)34(43)35-21-26-8-6-5-7-9-26/h3-17,30-31,40H,1-2,18-24H2,(H,35,43)/t30-,31-/m0/s1. The molecule has 10 heteroatoms.